The molecular formula is C19H19FN2. The molecule has 22 heavy (non-hydrogen) atoms. The van der Waals surface area contributed by atoms with Crippen LogP contribution in [0.3, 0.4) is 0 Å². The van der Waals surface area contributed by atoms with Gasteiger partial charge in [-0.05, 0) is 55.2 Å². The third kappa shape index (κ3) is 2.59. The van der Waals surface area contributed by atoms with Gasteiger partial charge >= 0.3 is 0 Å². The molecule has 0 atom stereocenters. The van der Waals surface area contributed by atoms with E-state index < -0.39 is 0 Å². The lowest BCUT2D eigenvalue weighted by Gasteiger charge is -2.09. The summed E-state index contributed by atoms with van der Waals surface area (Å²) in [5.41, 5.74) is 5.31. The Bertz CT molecular complexity index is 817. The first-order chi connectivity index (χ1) is 10.6. The van der Waals surface area contributed by atoms with Crippen molar-refractivity contribution in [3.63, 3.8) is 0 Å². The summed E-state index contributed by atoms with van der Waals surface area (Å²) in [6, 6.07) is 10.0. The number of aryl methyl sites for hydroxylation is 3. The maximum Gasteiger partial charge on any atom is 0.129 e. The van der Waals surface area contributed by atoms with Crippen LogP contribution in [0.2, 0.25) is 0 Å². The molecule has 0 unspecified atom stereocenters. The summed E-state index contributed by atoms with van der Waals surface area (Å²) < 4.78 is 13.8. The summed E-state index contributed by atoms with van der Waals surface area (Å²) in [6.45, 7) is 5.74. The lowest BCUT2D eigenvalue weighted by Crippen LogP contribution is -1.94. The van der Waals surface area contributed by atoms with E-state index in [0.29, 0.717) is 11.1 Å². The Labute approximate surface area is 130 Å². The van der Waals surface area contributed by atoms with Crippen LogP contribution in [0.15, 0.2) is 36.7 Å². The van der Waals surface area contributed by atoms with Gasteiger partial charge in [0.1, 0.15) is 12.1 Å². The van der Waals surface area contributed by atoms with Gasteiger partial charge in [0.25, 0.3) is 0 Å². The highest BCUT2D eigenvalue weighted by Gasteiger charge is 2.10. The molecular weight excluding hydrogens is 275 g/mol. The van der Waals surface area contributed by atoms with Gasteiger partial charge in [0.05, 0.1) is 11.2 Å². The Balaban J connectivity index is 2.19. The highest BCUT2D eigenvalue weighted by molar-refractivity contribution is 5.92. The maximum absolute atomic E-state index is 13.8. The molecule has 3 heteroatoms. The molecule has 0 fully saturated rings. The fraction of sp³-hybridized carbons (Fsp3) is 0.263. The van der Waals surface area contributed by atoms with Crippen LogP contribution in [-0.4, -0.2) is 9.97 Å². The summed E-state index contributed by atoms with van der Waals surface area (Å²) in [5, 5.41) is 1.01. The molecule has 0 saturated carbocycles. The molecule has 0 amide bonds. The van der Waals surface area contributed by atoms with Crippen LogP contribution in [-0.2, 0) is 6.42 Å². The number of aromatic nitrogens is 2. The van der Waals surface area contributed by atoms with E-state index in [1.54, 1.807) is 20.2 Å². The van der Waals surface area contributed by atoms with Crippen LogP contribution in [0.4, 0.5) is 4.39 Å². The molecule has 3 rings (SSSR count). The molecule has 112 valence electrons. The van der Waals surface area contributed by atoms with Gasteiger partial charge in [-0.3, -0.25) is 0 Å². The molecule has 0 bridgehead atoms. The van der Waals surface area contributed by atoms with Gasteiger partial charge in [0.2, 0.25) is 0 Å². The largest absolute Gasteiger partial charge is 0.236 e. The van der Waals surface area contributed by atoms with Gasteiger partial charge in [-0.25, -0.2) is 14.4 Å². The van der Waals surface area contributed by atoms with E-state index in [1.165, 1.54) is 5.56 Å². The number of rotatable bonds is 3. The number of benzene rings is 2. The van der Waals surface area contributed by atoms with Crippen LogP contribution >= 0.6 is 0 Å². The summed E-state index contributed by atoms with van der Waals surface area (Å²) in [4.78, 5) is 8.82. The summed E-state index contributed by atoms with van der Waals surface area (Å²) >= 11 is 0. The molecule has 0 N–H and O–H groups in total. The average molecular weight is 294 g/mol. The monoisotopic (exact) mass is 294 g/mol. The van der Waals surface area contributed by atoms with Crippen molar-refractivity contribution in [2.45, 2.75) is 33.6 Å². The number of halogens is 1. The summed E-state index contributed by atoms with van der Waals surface area (Å²) in [7, 11) is 0. The van der Waals surface area contributed by atoms with Crippen molar-refractivity contribution in [2.75, 3.05) is 0 Å². The third-order valence-corrected chi connectivity index (χ3v) is 3.95. The Hall–Kier alpha value is -2.29. The van der Waals surface area contributed by atoms with Crippen molar-refractivity contribution in [1.29, 1.82) is 0 Å². The fourth-order valence-corrected chi connectivity index (χ4v) is 2.86. The van der Waals surface area contributed by atoms with Crippen LogP contribution in [0.1, 0.15) is 30.0 Å². The lowest BCUT2D eigenvalue weighted by atomic mass is 10.00. The minimum atomic E-state index is -0.146. The van der Waals surface area contributed by atoms with Crippen molar-refractivity contribution >= 4 is 10.9 Å². The van der Waals surface area contributed by atoms with E-state index in [1.807, 2.05) is 12.1 Å². The van der Waals surface area contributed by atoms with Crippen molar-refractivity contribution < 1.29 is 4.39 Å². The second-order valence-corrected chi connectivity index (χ2v) is 5.75. The number of fused-ring (bicyclic) bond motifs is 1. The van der Waals surface area contributed by atoms with Crippen molar-refractivity contribution in [2.24, 2.45) is 0 Å². The Morgan fingerprint density at radius 2 is 1.73 bits per heavy atom. The second-order valence-electron chi connectivity index (χ2n) is 5.75. The average Bonchev–Trinajstić information content (AvgIpc) is 2.51. The minimum absolute atomic E-state index is 0.146. The first-order valence-electron chi connectivity index (χ1n) is 7.61. The van der Waals surface area contributed by atoms with Crippen molar-refractivity contribution in [1.82, 2.24) is 9.97 Å². The van der Waals surface area contributed by atoms with Gasteiger partial charge in [-0.2, -0.15) is 0 Å². The topological polar surface area (TPSA) is 25.8 Å². The second kappa shape index (κ2) is 5.84. The predicted octanol–water partition coefficient (Wildman–Crippen LogP) is 5.01. The third-order valence-electron chi connectivity index (χ3n) is 3.95. The first kappa shape index (κ1) is 14.6. The quantitative estimate of drug-likeness (QED) is 0.679. The molecule has 3 aromatic rings. The Morgan fingerprint density at radius 1 is 1.00 bits per heavy atom. The summed E-state index contributed by atoms with van der Waals surface area (Å²) in [6.07, 6.45) is 3.74. The van der Waals surface area contributed by atoms with Crippen LogP contribution in [0.5, 0.6) is 0 Å². The molecule has 0 saturated heterocycles. The normalized spacial score (nSPS) is 11.1. The number of nitrogens with zero attached hydrogens (tertiary/aromatic N) is 2. The number of hydrogen-bond donors (Lipinski definition) is 0. The highest BCUT2D eigenvalue weighted by Crippen LogP contribution is 2.28. The van der Waals surface area contributed by atoms with E-state index in [0.717, 1.165) is 35.0 Å². The molecule has 1 aromatic heterocycles. The molecule has 0 aliphatic heterocycles. The van der Waals surface area contributed by atoms with E-state index in [2.05, 4.69) is 35.1 Å². The SMILES string of the molecule is CCCc1ccc2c(-c3cc(C)c(F)c(C)c3)ncnc2c1. The van der Waals surface area contributed by atoms with Gasteiger partial charge < -0.3 is 0 Å². The maximum atomic E-state index is 13.8. The zero-order valence-corrected chi connectivity index (χ0v) is 13.2. The van der Waals surface area contributed by atoms with Gasteiger partial charge in [-0.1, -0.05) is 25.5 Å². The lowest BCUT2D eigenvalue weighted by molar-refractivity contribution is 0.609. The molecule has 2 nitrogen and oxygen atoms in total. The van der Waals surface area contributed by atoms with Gasteiger partial charge in [0, 0.05) is 10.9 Å². The molecule has 0 spiro atoms. The fourth-order valence-electron chi connectivity index (χ4n) is 2.86. The zero-order chi connectivity index (χ0) is 15.7. The Morgan fingerprint density at radius 3 is 2.41 bits per heavy atom. The molecule has 2 aromatic carbocycles. The molecule has 0 aliphatic carbocycles. The molecule has 1 heterocycles. The van der Waals surface area contributed by atoms with E-state index >= 15 is 0 Å². The molecule has 0 aliphatic rings. The smallest absolute Gasteiger partial charge is 0.129 e. The summed E-state index contributed by atoms with van der Waals surface area (Å²) in [5.74, 6) is -0.146. The van der Waals surface area contributed by atoms with E-state index in [-0.39, 0.29) is 5.82 Å². The number of hydrogen-bond acceptors (Lipinski definition) is 2. The highest BCUT2D eigenvalue weighted by atomic mass is 19.1. The molecule has 0 radical (unpaired) electrons. The van der Waals surface area contributed by atoms with E-state index in [4.69, 9.17) is 0 Å². The van der Waals surface area contributed by atoms with Gasteiger partial charge in [-0.15, -0.1) is 0 Å². The first-order valence-corrected chi connectivity index (χ1v) is 7.61. The van der Waals surface area contributed by atoms with Gasteiger partial charge in [0.15, 0.2) is 0 Å². The van der Waals surface area contributed by atoms with E-state index in [9.17, 15) is 4.39 Å². The van der Waals surface area contributed by atoms with Crippen molar-refractivity contribution in [3.05, 3.63) is 59.2 Å². The van der Waals surface area contributed by atoms with Crippen LogP contribution in [0.25, 0.3) is 22.2 Å². The predicted molar refractivity (Wildman–Crippen MR) is 88.4 cm³/mol. The van der Waals surface area contributed by atoms with Crippen LogP contribution in [0, 0.1) is 19.7 Å². The zero-order valence-electron chi connectivity index (χ0n) is 13.2. The standard InChI is InChI=1S/C19H19FN2/c1-4-5-14-6-7-16-17(10-14)21-11-22-19(16)15-8-12(2)18(20)13(3)9-15/h6-11H,4-5H2,1-3H3. The van der Waals surface area contributed by atoms with Crippen LogP contribution < -0.4 is 0 Å². The minimum Gasteiger partial charge on any atom is -0.236 e. The Kier molecular flexibility index (Phi) is 3.88. The van der Waals surface area contributed by atoms with Crippen molar-refractivity contribution in [3.8, 4) is 11.3 Å².